The molecule has 1 aliphatic rings. The number of aliphatic imine (C=N–C) groups is 1. The van der Waals surface area contributed by atoms with Crippen LogP contribution in [0.15, 0.2) is 11.1 Å². The molecule has 0 saturated carbocycles. The second-order valence-electron chi connectivity index (χ2n) is 7.97. The van der Waals surface area contributed by atoms with Crippen molar-refractivity contribution in [1.82, 2.24) is 25.3 Å². The molecule has 1 aromatic rings. The van der Waals surface area contributed by atoms with Crippen molar-refractivity contribution in [2.75, 3.05) is 39.8 Å². The van der Waals surface area contributed by atoms with E-state index in [1.807, 2.05) is 14.0 Å². The van der Waals surface area contributed by atoms with Gasteiger partial charge in [0.1, 0.15) is 0 Å². The number of guanidine groups is 1. The second-order valence-corrected chi connectivity index (χ2v) is 7.97. The molecule has 27 heavy (non-hydrogen) atoms. The Kier molecular flexibility index (Phi) is 11.3. The first-order chi connectivity index (χ1) is 12.5. The zero-order chi connectivity index (χ0) is 18.9. The number of nitrogens with one attached hydrogen (secondary N) is 2. The first kappa shape index (κ1) is 24.2. The van der Waals surface area contributed by atoms with Crippen molar-refractivity contribution in [2.24, 2.45) is 16.8 Å². The summed E-state index contributed by atoms with van der Waals surface area (Å²) in [6.45, 7) is 15.3. The van der Waals surface area contributed by atoms with Gasteiger partial charge in [-0.05, 0) is 70.6 Å². The number of hydrogen-bond acceptors (Lipinski definition) is 3. The Labute approximate surface area is 182 Å². The molecule has 0 aromatic carbocycles. The van der Waals surface area contributed by atoms with Crippen molar-refractivity contribution >= 4 is 29.9 Å². The summed E-state index contributed by atoms with van der Waals surface area (Å²) < 4.78 is 2.09. The average Bonchev–Trinajstić information content (AvgIpc) is 2.93. The summed E-state index contributed by atoms with van der Waals surface area (Å²) >= 11 is 0. The third-order valence-electron chi connectivity index (χ3n) is 5.25. The van der Waals surface area contributed by atoms with Crippen LogP contribution in [0.2, 0.25) is 0 Å². The van der Waals surface area contributed by atoms with Gasteiger partial charge in [0.15, 0.2) is 5.96 Å². The molecule has 1 aliphatic heterocycles. The minimum Gasteiger partial charge on any atom is -0.356 e. The molecular weight excluding hydrogens is 451 g/mol. The molecule has 2 N–H and O–H groups in total. The first-order valence-electron chi connectivity index (χ1n) is 10.2. The zero-order valence-electron chi connectivity index (χ0n) is 17.8. The fourth-order valence-corrected chi connectivity index (χ4v) is 3.51. The van der Waals surface area contributed by atoms with Crippen LogP contribution >= 0.6 is 24.0 Å². The van der Waals surface area contributed by atoms with Crippen LogP contribution in [0.25, 0.3) is 0 Å². The monoisotopic (exact) mass is 490 g/mol. The molecule has 0 spiro atoms. The Morgan fingerprint density at radius 3 is 2.59 bits per heavy atom. The van der Waals surface area contributed by atoms with Gasteiger partial charge in [-0.1, -0.05) is 13.8 Å². The SMILES string of the molecule is CN=C(NCCCN1CCC(C)CC1)NCC(C)Cn1nc(C)cc1C.I. The summed E-state index contributed by atoms with van der Waals surface area (Å²) in [7, 11) is 1.84. The number of likely N-dealkylation sites (tertiary alicyclic amines) is 1. The lowest BCUT2D eigenvalue weighted by atomic mass is 9.99. The van der Waals surface area contributed by atoms with E-state index in [1.54, 1.807) is 0 Å². The summed E-state index contributed by atoms with van der Waals surface area (Å²) in [6, 6.07) is 2.13. The fraction of sp³-hybridized carbons (Fsp3) is 0.800. The van der Waals surface area contributed by atoms with Crippen LogP contribution in [-0.4, -0.2) is 60.4 Å². The maximum absolute atomic E-state index is 4.55. The maximum atomic E-state index is 4.55. The summed E-state index contributed by atoms with van der Waals surface area (Å²) in [5.41, 5.74) is 2.31. The van der Waals surface area contributed by atoms with Crippen molar-refractivity contribution in [3.63, 3.8) is 0 Å². The topological polar surface area (TPSA) is 57.5 Å². The van der Waals surface area contributed by atoms with Gasteiger partial charge in [0.25, 0.3) is 0 Å². The molecule has 1 fully saturated rings. The van der Waals surface area contributed by atoms with Crippen molar-refractivity contribution < 1.29 is 0 Å². The van der Waals surface area contributed by atoms with E-state index in [4.69, 9.17) is 0 Å². The number of piperidine rings is 1. The normalized spacial score (nSPS) is 17.4. The van der Waals surface area contributed by atoms with Gasteiger partial charge in [-0.25, -0.2) is 0 Å². The molecule has 1 atom stereocenters. The molecule has 0 bridgehead atoms. The van der Waals surface area contributed by atoms with Crippen LogP contribution in [0.3, 0.4) is 0 Å². The Morgan fingerprint density at radius 2 is 2.00 bits per heavy atom. The molecule has 7 heteroatoms. The van der Waals surface area contributed by atoms with Gasteiger partial charge in [-0.15, -0.1) is 24.0 Å². The predicted molar refractivity (Wildman–Crippen MR) is 125 cm³/mol. The van der Waals surface area contributed by atoms with E-state index in [1.165, 1.54) is 38.2 Å². The molecule has 2 rings (SSSR count). The summed E-state index contributed by atoms with van der Waals surface area (Å²) in [6.07, 6.45) is 3.87. The van der Waals surface area contributed by atoms with Crippen LogP contribution in [0.5, 0.6) is 0 Å². The Morgan fingerprint density at radius 1 is 1.30 bits per heavy atom. The quantitative estimate of drug-likeness (QED) is 0.255. The molecule has 1 aromatic heterocycles. The molecule has 156 valence electrons. The van der Waals surface area contributed by atoms with Gasteiger partial charge < -0.3 is 15.5 Å². The van der Waals surface area contributed by atoms with Crippen LogP contribution in [-0.2, 0) is 6.54 Å². The van der Waals surface area contributed by atoms with Crippen LogP contribution < -0.4 is 10.6 Å². The summed E-state index contributed by atoms with van der Waals surface area (Å²) in [5, 5.41) is 11.4. The molecule has 0 amide bonds. The van der Waals surface area contributed by atoms with E-state index in [-0.39, 0.29) is 24.0 Å². The molecule has 2 heterocycles. The van der Waals surface area contributed by atoms with E-state index >= 15 is 0 Å². The van der Waals surface area contributed by atoms with Crippen molar-refractivity contribution in [1.29, 1.82) is 0 Å². The highest BCUT2D eigenvalue weighted by Gasteiger charge is 2.14. The Hall–Kier alpha value is -0.830. The highest BCUT2D eigenvalue weighted by atomic mass is 127. The number of aromatic nitrogens is 2. The molecule has 1 saturated heterocycles. The summed E-state index contributed by atoms with van der Waals surface area (Å²) in [5.74, 6) is 2.29. The highest BCUT2D eigenvalue weighted by molar-refractivity contribution is 14.0. The maximum Gasteiger partial charge on any atom is 0.190 e. The smallest absolute Gasteiger partial charge is 0.190 e. The van der Waals surface area contributed by atoms with Gasteiger partial charge in [0, 0.05) is 32.4 Å². The molecule has 0 radical (unpaired) electrons. The third kappa shape index (κ3) is 8.81. The average molecular weight is 490 g/mol. The molecular formula is C20H39IN6. The van der Waals surface area contributed by atoms with Crippen molar-refractivity contribution in [3.05, 3.63) is 17.5 Å². The van der Waals surface area contributed by atoms with E-state index in [9.17, 15) is 0 Å². The van der Waals surface area contributed by atoms with Crippen LogP contribution in [0, 0.1) is 25.7 Å². The number of halogens is 1. The van der Waals surface area contributed by atoms with Gasteiger partial charge in [0.2, 0.25) is 0 Å². The molecule has 0 aliphatic carbocycles. The van der Waals surface area contributed by atoms with Gasteiger partial charge in [-0.2, -0.15) is 5.10 Å². The zero-order valence-corrected chi connectivity index (χ0v) is 20.1. The minimum atomic E-state index is 0. The predicted octanol–water partition coefficient (Wildman–Crippen LogP) is 3.04. The third-order valence-corrected chi connectivity index (χ3v) is 5.25. The largest absolute Gasteiger partial charge is 0.356 e. The number of aryl methyl sites for hydroxylation is 2. The lowest BCUT2D eigenvalue weighted by Crippen LogP contribution is -2.41. The van der Waals surface area contributed by atoms with Gasteiger partial charge in [-0.3, -0.25) is 9.67 Å². The first-order valence-corrected chi connectivity index (χ1v) is 10.2. The Balaban J connectivity index is 0.00000364. The number of nitrogens with zero attached hydrogens (tertiary/aromatic N) is 4. The van der Waals surface area contributed by atoms with Gasteiger partial charge in [0.05, 0.1) is 5.69 Å². The number of hydrogen-bond donors (Lipinski definition) is 2. The number of rotatable bonds is 8. The fourth-order valence-electron chi connectivity index (χ4n) is 3.51. The van der Waals surface area contributed by atoms with Crippen LogP contribution in [0.1, 0.15) is 44.5 Å². The minimum absolute atomic E-state index is 0. The van der Waals surface area contributed by atoms with E-state index < -0.39 is 0 Å². The van der Waals surface area contributed by atoms with Crippen LogP contribution in [0.4, 0.5) is 0 Å². The lowest BCUT2D eigenvalue weighted by molar-refractivity contribution is 0.191. The highest BCUT2D eigenvalue weighted by Crippen LogP contribution is 2.15. The second kappa shape index (κ2) is 12.6. The summed E-state index contributed by atoms with van der Waals surface area (Å²) in [4.78, 5) is 6.93. The standard InChI is InChI=1S/C20H38N6.HI/c1-16-7-11-25(12-8-16)10-6-9-22-20(21-5)23-14-17(2)15-26-19(4)13-18(3)24-26;/h13,16-17H,6-12,14-15H2,1-5H3,(H2,21,22,23);1H. The molecule has 6 nitrogen and oxygen atoms in total. The van der Waals surface area contributed by atoms with Crippen molar-refractivity contribution in [3.8, 4) is 0 Å². The Bertz CT molecular complexity index is 563. The van der Waals surface area contributed by atoms with Gasteiger partial charge >= 0.3 is 0 Å². The van der Waals surface area contributed by atoms with E-state index in [2.05, 4.69) is 57.1 Å². The lowest BCUT2D eigenvalue weighted by Gasteiger charge is -2.30. The molecule has 1 unspecified atom stereocenters. The van der Waals surface area contributed by atoms with E-state index in [0.29, 0.717) is 5.92 Å². The van der Waals surface area contributed by atoms with E-state index in [0.717, 1.165) is 43.6 Å². The van der Waals surface area contributed by atoms with Crippen molar-refractivity contribution in [2.45, 2.75) is 53.5 Å².